The molecule has 0 aliphatic heterocycles. The summed E-state index contributed by atoms with van der Waals surface area (Å²) in [6, 6.07) is 2.28. The zero-order chi connectivity index (χ0) is 17.9. The monoisotopic (exact) mass is 346 g/mol. The van der Waals surface area contributed by atoms with Gasteiger partial charge in [0.05, 0.1) is 24.3 Å². The summed E-state index contributed by atoms with van der Waals surface area (Å²) in [6.45, 7) is -1.99. The van der Waals surface area contributed by atoms with E-state index in [0.717, 1.165) is 6.07 Å². The van der Waals surface area contributed by atoms with Crippen molar-refractivity contribution in [3.63, 3.8) is 0 Å². The van der Waals surface area contributed by atoms with E-state index in [1.54, 1.807) is 0 Å². The Morgan fingerprint density at radius 3 is 1.92 bits per heavy atom. The number of aliphatic hydroxyl groups is 2. The Balaban J connectivity index is 3.06. The SMILES string of the molecule is O=C(O)c1cc(COCOCO)c(COCOCO)c(C(=O)O)c1. The van der Waals surface area contributed by atoms with Gasteiger partial charge in [-0.05, 0) is 23.3 Å². The van der Waals surface area contributed by atoms with Crippen LogP contribution in [0, 0.1) is 0 Å². The molecule has 0 amide bonds. The summed E-state index contributed by atoms with van der Waals surface area (Å²) in [5.41, 5.74) is 0.0147. The van der Waals surface area contributed by atoms with Crippen molar-refractivity contribution in [1.82, 2.24) is 0 Å². The summed E-state index contributed by atoms with van der Waals surface area (Å²) in [5, 5.41) is 35.4. The van der Waals surface area contributed by atoms with Crippen molar-refractivity contribution in [2.24, 2.45) is 0 Å². The number of aromatic carboxylic acids is 2. The van der Waals surface area contributed by atoms with Gasteiger partial charge in [0.15, 0.2) is 0 Å². The zero-order valence-electron chi connectivity index (χ0n) is 12.6. The molecule has 0 saturated heterocycles. The molecule has 0 aliphatic rings. The number of carbonyl (C=O) groups is 2. The lowest BCUT2D eigenvalue weighted by atomic mass is 9.98. The molecule has 0 atom stereocenters. The molecule has 0 spiro atoms. The summed E-state index contributed by atoms with van der Waals surface area (Å²) in [5.74, 6) is -2.62. The van der Waals surface area contributed by atoms with Gasteiger partial charge in [0.1, 0.15) is 27.2 Å². The first-order valence-electron chi connectivity index (χ1n) is 6.66. The predicted molar refractivity (Wildman–Crippen MR) is 76.0 cm³/mol. The third-order valence-electron chi connectivity index (χ3n) is 2.84. The van der Waals surface area contributed by atoms with Crippen molar-refractivity contribution in [1.29, 1.82) is 0 Å². The van der Waals surface area contributed by atoms with Crippen LogP contribution >= 0.6 is 0 Å². The van der Waals surface area contributed by atoms with E-state index >= 15 is 0 Å². The van der Waals surface area contributed by atoms with Gasteiger partial charge in [-0.1, -0.05) is 0 Å². The lowest BCUT2D eigenvalue weighted by Gasteiger charge is -2.15. The average Bonchev–Trinajstić information content (AvgIpc) is 2.55. The fourth-order valence-electron chi connectivity index (χ4n) is 1.83. The number of hydrogen-bond donors (Lipinski definition) is 4. The Morgan fingerprint density at radius 1 is 0.833 bits per heavy atom. The molecule has 0 aromatic heterocycles. The molecular formula is C14H18O10. The highest BCUT2D eigenvalue weighted by Crippen LogP contribution is 2.21. The van der Waals surface area contributed by atoms with Gasteiger partial charge in [-0.2, -0.15) is 0 Å². The largest absolute Gasteiger partial charge is 0.478 e. The first-order valence-corrected chi connectivity index (χ1v) is 6.66. The van der Waals surface area contributed by atoms with Gasteiger partial charge in [0.25, 0.3) is 0 Å². The smallest absolute Gasteiger partial charge is 0.336 e. The molecule has 10 nitrogen and oxygen atoms in total. The van der Waals surface area contributed by atoms with Crippen LogP contribution in [0.4, 0.5) is 0 Å². The Bertz CT molecular complexity index is 557. The predicted octanol–water partition coefficient (Wildman–Crippen LogP) is -0.0360. The molecule has 4 N–H and O–H groups in total. The van der Waals surface area contributed by atoms with Crippen LogP contribution in [0.3, 0.4) is 0 Å². The molecule has 1 rings (SSSR count). The van der Waals surface area contributed by atoms with Crippen LogP contribution in [-0.4, -0.2) is 59.5 Å². The minimum atomic E-state index is -1.33. The Hall–Kier alpha value is -2.08. The van der Waals surface area contributed by atoms with E-state index in [2.05, 4.69) is 9.47 Å². The highest BCUT2D eigenvalue weighted by atomic mass is 16.7. The third kappa shape index (κ3) is 6.20. The number of ether oxygens (including phenoxy) is 4. The van der Waals surface area contributed by atoms with E-state index in [9.17, 15) is 14.7 Å². The van der Waals surface area contributed by atoms with E-state index in [-0.39, 0.29) is 49.1 Å². The van der Waals surface area contributed by atoms with Crippen molar-refractivity contribution < 1.29 is 49.0 Å². The molecule has 0 heterocycles. The van der Waals surface area contributed by atoms with Crippen LogP contribution in [0.5, 0.6) is 0 Å². The highest BCUT2D eigenvalue weighted by Gasteiger charge is 2.19. The highest BCUT2D eigenvalue weighted by molar-refractivity contribution is 5.95. The minimum absolute atomic E-state index is 0.152. The van der Waals surface area contributed by atoms with Gasteiger partial charge in [-0.3, -0.25) is 0 Å². The molecule has 0 radical (unpaired) electrons. The van der Waals surface area contributed by atoms with Gasteiger partial charge in [-0.25, -0.2) is 9.59 Å². The summed E-state index contributed by atoms with van der Waals surface area (Å²) in [4.78, 5) is 22.5. The minimum Gasteiger partial charge on any atom is -0.478 e. The summed E-state index contributed by atoms with van der Waals surface area (Å²) in [6.07, 6.45) is 0. The quantitative estimate of drug-likeness (QED) is 0.300. The van der Waals surface area contributed by atoms with Crippen LogP contribution in [0.1, 0.15) is 31.8 Å². The maximum Gasteiger partial charge on any atom is 0.336 e. The molecule has 0 saturated carbocycles. The van der Waals surface area contributed by atoms with Crippen LogP contribution < -0.4 is 0 Å². The maximum atomic E-state index is 11.4. The average molecular weight is 346 g/mol. The second-order valence-corrected chi connectivity index (χ2v) is 4.37. The van der Waals surface area contributed by atoms with Crippen molar-refractivity contribution in [2.45, 2.75) is 13.2 Å². The molecule has 134 valence electrons. The Kier molecular flexibility index (Phi) is 8.86. The Labute approximate surface area is 136 Å². The van der Waals surface area contributed by atoms with Crippen molar-refractivity contribution in [2.75, 3.05) is 27.2 Å². The molecule has 1 aromatic rings. The summed E-state index contributed by atoms with van der Waals surface area (Å²) < 4.78 is 19.4. The van der Waals surface area contributed by atoms with Crippen molar-refractivity contribution in [3.05, 3.63) is 34.4 Å². The van der Waals surface area contributed by atoms with Crippen molar-refractivity contribution in [3.8, 4) is 0 Å². The van der Waals surface area contributed by atoms with Gasteiger partial charge < -0.3 is 39.4 Å². The summed E-state index contributed by atoms with van der Waals surface area (Å²) >= 11 is 0. The van der Waals surface area contributed by atoms with Gasteiger partial charge >= 0.3 is 11.9 Å². The maximum absolute atomic E-state index is 11.4. The lowest BCUT2D eigenvalue weighted by molar-refractivity contribution is -0.117. The first kappa shape index (κ1) is 20.0. The zero-order valence-corrected chi connectivity index (χ0v) is 12.6. The lowest BCUT2D eigenvalue weighted by Crippen LogP contribution is -2.13. The van der Waals surface area contributed by atoms with Gasteiger partial charge in [0, 0.05) is 0 Å². The normalized spacial score (nSPS) is 10.8. The molecule has 0 aliphatic carbocycles. The second-order valence-electron chi connectivity index (χ2n) is 4.37. The standard InChI is InChI=1S/C14H18O10/c15-5-23-7-21-3-10-1-9(13(17)18)2-11(14(19)20)12(10)4-22-8-24-6-16/h1-2,15-16H,3-8H2,(H,17,18)(H,19,20). The number of benzene rings is 1. The van der Waals surface area contributed by atoms with E-state index < -0.39 is 25.5 Å². The van der Waals surface area contributed by atoms with E-state index in [4.69, 9.17) is 24.8 Å². The number of carboxylic acids is 2. The fourth-order valence-corrected chi connectivity index (χ4v) is 1.83. The number of carboxylic acid groups (broad SMARTS) is 2. The molecule has 0 unspecified atom stereocenters. The number of aliphatic hydroxyl groups excluding tert-OH is 2. The third-order valence-corrected chi connectivity index (χ3v) is 2.84. The van der Waals surface area contributed by atoms with Crippen LogP contribution in [-0.2, 0) is 32.2 Å². The molecule has 1 aromatic carbocycles. The Morgan fingerprint density at radius 2 is 1.42 bits per heavy atom. The van der Waals surface area contributed by atoms with Crippen LogP contribution in [0.25, 0.3) is 0 Å². The van der Waals surface area contributed by atoms with E-state index in [1.165, 1.54) is 6.07 Å². The van der Waals surface area contributed by atoms with Gasteiger partial charge in [0.2, 0.25) is 0 Å². The van der Waals surface area contributed by atoms with Gasteiger partial charge in [-0.15, -0.1) is 0 Å². The fraction of sp³-hybridized carbons (Fsp3) is 0.429. The molecule has 24 heavy (non-hydrogen) atoms. The van der Waals surface area contributed by atoms with E-state index in [1.807, 2.05) is 0 Å². The molecular weight excluding hydrogens is 328 g/mol. The first-order chi connectivity index (χ1) is 11.5. The molecule has 10 heteroatoms. The van der Waals surface area contributed by atoms with E-state index in [0.29, 0.717) is 0 Å². The number of rotatable bonds is 12. The number of hydrogen-bond acceptors (Lipinski definition) is 8. The van der Waals surface area contributed by atoms with Crippen LogP contribution in [0.2, 0.25) is 0 Å². The molecule has 0 bridgehead atoms. The second kappa shape index (κ2) is 10.6. The van der Waals surface area contributed by atoms with Crippen molar-refractivity contribution >= 4 is 11.9 Å². The topological polar surface area (TPSA) is 152 Å². The summed E-state index contributed by atoms with van der Waals surface area (Å²) in [7, 11) is 0. The van der Waals surface area contributed by atoms with Crippen LogP contribution in [0.15, 0.2) is 12.1 Å². The molecule has 0 fully saturated rings.